The van der Waals surface area contributed by atoms with Crippen molar-refractivity contribution in [2.75, 3.05) is 0 Å². The predicted octanol–water partition coefficient (Wildman–Crippen LogP) is 2.95. The second kappa shape index (κ2) is 5.49. The molecule has 6 nitrogen and oxygen atoms in total. The summed E-state index contributed by atoms with van der Waals surface area (Å²) in [6.45, 7) is 1.54. The first-order valence-corrected chi connectivity index (χ1v) is 6.36. The molecule has 20 heavy (non-hydrogen) atoms. The van der Waals surface area contributed by atoms with Gasteiger partial charge in [-0.25, -0.2) is 4.39 Å². The minimum atomic E-state index is -0.677. The minimum absolute atomic E-state index is 0.0666. The van der Waals surface area contributed by atoms with Gasteiger partial charge in [0.1, 0.15) is 11.5 Å². The molecule has 0 saturated carbocycles. The Morgan fingerprint density at radius 2 is 2.25 bits per heavy atom. The summed E-state index contributed by atoms with van der Waals surface area (Å²) in [5.74, 6) is -1.31. The normalized spacial score (nSPS) is 10.6. The summed E-state index contributed by atoms with van der Waals surface area (Å²) in [4.78, 5) is 28.5. The zero-order chi connectivity index (χ0) is 14.9. The van der Waals surface area contributed by atoms with Gasteiger partial charge in [-0.15, -0.1) is 0 Å². The van der Waals surface area contributed by atoms with Crippen molar-refractivity contribution >= 4 is 27.5 Å². The molecule has 0 amide bonds. The summed E-state index contributed by atoms with van der Waals surface area (Å²) in [6, 6.07) is 3.96. The Hall–Kier alpha value is -2.09. The summed E-state index contributed by atoms with van der Waals surface area (Å²) >= 11 is 3.14. The van der Waals surface area contributed by atoms with Gasteiger partial charge in [-0.3, -0.25) is 4.79 Å². The zero-order valence-electron chi connectivity index (χ0n) is 10.3. The number of Topliss-reactive ketones (excluding diaryl/α,β-unsaturated/α-hetero) is 1. The van der Waals surface area contributed by atoms with Gasteiger partial charge in [0.15, 0.2) is 5.78 Å². The number of benzene rings is 1. The highest BCUT2D eigenvalue weighted by atomic mass is 79.9. The van der Waals surface area contributed by atoms with E-state index in [-0.39, 0.29) is 17.7 Å². The molecule has 8 heteroatoms. The molecule has 0 aliphatic heterocycles. The van der Waals surface area contributed by atoms with Crippen LogP contribution in [0.4, 0.5) is 10.2 Å². The van der Waals surface area contributed by atoms with Crippen LogP contribution in [-0.2, 0) is 6.42 Å². The molecule has 104 valence electrons. The minimum Gasteiger partial charge on any atom is -0.358 e. The number of imidazole rings is 1. The number of nitrogens with zero attached hydrogens (tertiary/aromatic N) is 2. The number of rotatable bonds is 4. The number of H-pyrrole nitrogens is 1. The fourth-order valence-corrected chi connectivity index (χ4v) is 2.13. The largest absolute Gasteiger partial charge is 0.385 e. The van der Waals surface area contributed by atoms with E-state index in [1.54, 1.807) is 6.92 Å². The lowest BCUT2D eigenvalue weighted by Gasteiger charge is -2.02. The van der Waals surface area contributed by atoms with Gasteiger partial charge in [0, 0.05) is 11.4 Å². The van der Waals surface area contributed by atoms with Crippen LogP contribution in [0.3, 0.4) is 0 Å². The third-order valence-electron chi connectivity index (χ3n) is 2.61. The van der Waals surface area contributed by atoms with Crippen molar-refractivity contribution < 1.29 is 14.1 Å². The van der Waals surface area contributed by atoms with E-state index in [9.17, 15) is 19.3 Å². The van der Waals surface area contributed by atoms with Crippen LogP contribution in [0, 0.1) is 22.9 Å². The number of aryl methyl sites for hydroxylation is 1. The number of aromatic nitrogens is 2. The number of carbonyl (C=O) groups excluding carboxylic acids is 1. The first-order chi connectivity index (χ1) is 9.38. The number of nitrogens with one attached hydrogen (secondary N) is 1. The fourth-order valence-electron chi connectivity index (χ4n) is 1.77. The van der Waals surface area contributed by atoms with Crippen molar-refractivity contribution in [1.82, 2.24) is 9.97 Å². The van der Waals surface area contributed by atoms with Crippen molar-refractivity contribution in [2.45, 2.75) is 13.3 Å². The van der Waals surface area contributed by atoms with Gasteiger partial charge in [-0.1, -0.05) is 15.9 Å². The molecule has 0 atom stereocenters. The van der Waals surface area contributed by atoms with Crippen molar-refractivity contribution in [3.05, 3.63) is 55.7 Å². The van der Waals surface area contributed by atoms with Crippen LogP contribution in [0.1, 0.15) is 21.9 Å². The van der Waals surface area contributed by atoms with Gasteiger partial charge < -0.3 is 15.1 Å². The maximum absolute atomic E-state index is 13.6. The second-order valence-electron chi connectivity index (χ2n) is 4.11. The van der Waals surface area contributed by atoms with E-state index in [1.165, 1.54) is 12.1 Å². The monoisotopic (exact) mass is 341 g/mol. The van der Waals surface area contributed by atoms with Crippen LogP contribution in [0.5, 0.6) is 0 Å². The molecule has 1 aromatic carbocycles. The maximum atomic E-state index is 13.6. The summed E-state index contributed by atoms with van der Waals surface area (Å²) in [7, 11) is 0. The quantitative estimate of drug-likeness (QED) is 0.526. The molecule has 1 aromatic heterocycles. The first kappa shape index (κ1) is 14.3. The molecule has 0 bridgehead atoms. The SMILES string of the molecule is Cc1nc([N+](=O)[O-])c(CC(=O)c2cc(Br)ccc2F)[nH]1. The average molecular weight is 342 g/mol. The molecule has 0 saturated heterocycles. The smallest absolute Gasteiger partial charge is 0.358 e. The molecule has 0 aliphatic rings. The van der Waals surface area contributed by atoms with Gasteiger partial charge in [0.2, 0.25) is 5.82 Å². The fraction of sp³-hybridized carbons (Fsp3) is 0.167. The Bertz CT molecular complexity index is 699. The molecule has 0 unspecified atom stereocenters. The molecule has 0 radical (unpaired) electrons. The third kappa shape index (κ3) is 2.90. The number of hydrogen-bond acceptors (Lipinski definition) is 4. The molecule has 0 spiro atoms. The zero-order valence-corrected chi connectivity index (χ0v) is 11.9. The van der Waals surface area contributed by atoms with Crippen LogP contribution < -0.4 is 0 Å². The highest BCUT2D eigenvalue weighted by Gasteiger charge is 2.23. The number of hydrogen-bond donors (Lipinski definition) is 1. The second-order valence-corrected chi connectivity index (χ2v) is 5.02. The van der Waals surface area contributed by atoms with Crippen molar-refractivity contribution in [2.24, 2.45) is 0 Å². The lowest BCUT2D eigenvalue weighted by Crippen LogP contribution is -2.08. The molecular weight excluding hydrogens is 333 g/mol. The maximum Gasteiger partial charge on any atom is 0.385 e. The Balaban J connectivity index is 2.32. The van der Waals surface area contributed by atoms with Crippen LogP contribution in [-0.4, -0.2) is 20.7 Å². The molecule has 1 N–H and O–H groups in total. The van der Waals surface area contributed by atoms with Gasteiger partial charge in [0.25, 0.3) is 0 Å². The van der Waals surface area contributed by atoms with E-state index in [0.717, 1.165) is 6.07 Å². The summed E-state index contributed by atoms with van der Waals surface area (Å²) in [5.41, 5.74) is -0.0576. The number of ketones is 1. The highest BCUT2D eigenvalue weighted by Crippen LogP contribution is 2.20. The van der Waals surface area contributed by atoms with E-state index < -0.39 is 22.3 Å². The van der Waals surface area contributed by atoms with E-state index in [2.05, 4.69) is 25.9 Å². The Kier molecular flexibility index (Phi) is 3.93. The van der Waals surface area contributed by atoms with Crippen LogP contribution in [0.15, 0.2) is 22.7 Å². The highest BCUT2D eigenvalue weighted by molar-refractivity contribution is 9.10. The summed E-state index contributed by atoms with van der Waals surface area (Å²) < 4.78 is 14.1. The van der Waals surface area contributed by atoms with Gasteiger partial charge in [-0.05, 0) is 28.1 Å². The number of halogens is 2. The van der Waals surface area contributed by atoms with E-state index in [4.69, 9.17) is 0 Å². The molecule has 0 aliphatic carbocycles. The molecule has 1 heterocycles. The van der Waals surface area contributed by atoms with Crippen LogP contribution >= 0.6 is 15.9 Å². The lowest BCUT2D eigenvalue weighted by molar-refractivity contribution is -0.390. The van der Waals surface area contributed by atoms with Crippen molar-refractivity contribution in [3.63, 3.8) is 0 Å². The first-order valence-electron chi connectivity index (χ1n) is 5.56. The standard InChI is InChI=1S/C12H9BrFN3O3/c1-6-15-10(12(16-6)17(19)20)5-11(18)8-4-7(13)2-3-9(8)14/h2-4H,5H2,1H3,(H,15,16). The Morgan fingerprint density at radius 1 is 1.55 bits per heavy atom. The molecule has 2 aromatic rings. The van der Waals surface area contributed by atoms with Crippen molar-refractivity contribution in [1.29, 1.82) is 0 Å². The van der Waals surface area contributed by atoms with Crippen LogP contribution in [0.25, 0.3) is 0 Å². The summed E-state index contributed by atoms with van der Waals surface area (Å²) in [6.07, 6.45) is -0.315. The van der Waals surface area contributed by atoms with Crippen molar-refractivity contribution in [3.8, 4) is 0 Å². The topological polar surface area (TPSA) is 88.9 Å². The molecule has 0 fully saturated rings. The van der Waals surface area contributed by atoms with E-state index >= 15 is 0 Å². The predicted molar refractivity (Wildman–Crippen MR) is 72.1 cm³/mol. The molecular formula is C12H9BrFN3O3. The molecule has 2 rings (SSSR count). The van der Waals surface area contributed by atoms with E-state index in [1.807, 2.05) is 0 Å². The van der Waals surface area contributed by atoms with Gasteiger partial charge in [-0.2, -0.15) is 0 Å². The van der Waals surface area contributed by atoms with E-state index in [0.29, 0.717) is 10.3 Å². The Morgan fingerprint density at radius 3 is 2.90 bits per heavy atom. The summed E-state index contributed by atoms with van der Waals surface area (Å²) in [5, 5.41) is 10.8. The van der Waals surface area contributed by atoms with Gasteiger partial charge in [0.05, 0.1) is 12.0 Å². The Labute approximate surface area is 121 Å². The lowest BCUT2D eigenvalue weighted by atomic mass is 10.1. The average Bonchev–Trinajstić information content (AvgIpc) is 2.73. The van der Waals surface area contributed by atoms with Gasteiger partial charge >= 0.3 is 5.82 Å². The number of aromatic amines is 1. The number of carbonyl (C=O) groups is 1. The number of nitro groups is 1. The third-order valence-corrected chi connectivity index (χ3v) is 3.11. The van der Waals surface area contributed by atoms with Crippen LogP contribution in [0.2, 0.25) is 0 Å².